The second-order valence-electron chi connectivity index (χ2n) is 8.62. The fraction of sp³-hybridized carbons (Fsp3) is 0.208. The summed E-state index contributed by atoms with van der Waals surface area (Å²) in [7, 11) is 0. The van der Waals surface area contributed by atoms with Gasteiger partial charge >= 0.3 is 18.3 Å². The number of alkyl halides is 6. The normalized spacial score (nSPS) is 15.2. The third kappa shape index (κ3) is 4.78. The maximum Gasteiger partial charge on any atom is 0.417 e. The van der Waals surface area contributed by atoms with Crippen LogP contribution in [0.2, 0.25) is 0 Å². The number of aromatic hydroxyl groups is 1. The van der Waals surface area contributed by atoms with Crippen molar-refractivity contribution in [3.05, 3.63) is 69.7 Å². The molecule has 0 saturated carbocycles. The number of aromatic amines is 1. The highest BCUT2D eigenvalue weighted by atomic mass is 32.1. The molecule has 3 N–H and O–H groups in total. The highest BCUT2D eigenvalue weighted by Crippen LogP contribution is 2.44. The van der Waals surface area contributed by atoms with E-state index in [1.165, 1.54) is 6.20 Å². The number of benzene rings is 2. The lowest BCUT2D eigenvalue weighted by Crippen LogP contribution is -2.50. The third-order valence-corrected chi connectivity index (χ3v) is 7.22. The molecule has 0 atom stereocenters. The molecule has 1 fully saturated rings. The number of nitrogens with zero attached hydrogens (tertiary/aromatic N) is 3. The number of nitrogens with one attached hydrogen (secondary N) is 1. The van der Waals surface area contributed by atoms with E-state index in [1.54, 1.807) is 23.1 Å². The van der Waals surface area contributed by atoms with Crippen LogP contribution in [0.25, 0.3) is 22.6 Å². The van der Waals surface area contributed by atoms with E-state index in [0.29, 0.717) is 22.5 Å². The van der Waals surface area contributed by atoms with Gasteiger partial charge in [-0.1, -0.05) is 23.5 Å². The van der Waals surface area contributed by atoms with Crippen LogP contribution in [0.1, 0.15) is 27.1 Å². The number of hydrogen-bond acceptors (Lipinski definition) is 6. The summed E-state index contributed by atoms with van der Waals surface area (Å²) in [4.78, 5) is 16.9. The minimum absolute atomic E-state index is 0.0484. The lowest BCUT2D eigenvalue weighted by molar-refractivity contribution is -0.144. The number of H-pyrrole nitrogens is 1. The number of aliphatic carboxylic acids is 1. The summed E-state index contributed by atoms with van der Waals surface area (Å²) in [6, 6.07) is 6.12. The molecule has 2 aromatic heterocycles. The molecule has 0 aliphatic carbocycles. The molecule has 2 aromatic carbocycles. The quantitative estimate of drug-likeness (QED) is 0.211. The van der Waals surface area contributed by atoms with E-state index in [9.17, 15) is 36.2 Å². The van der Waals surface area contributed by atoms with Gasteiger partial charge in [-0.25, -0.2) is 0 Å². The summed E-state index contributed by atoms with van der Waals surface area (Å²) in [5, 5.41) is 27.3. The zero-order valence-electron chi connectivity index (χ0n) is 18.9. The molecule has 5 rings (SSSR count). The van der Waals surface area contributed by atoms with Crippen LogP contribution in [0.15, 0.2) is 42.6 Å². The lowest BCUT2D eigenvalue weighted by Gasteiger charge is -2.36. The molecule has 0 spiro atoms. The summed E-state index contributed by atoms with van der Waals surface area (Å²) in [5.74, 6) is -2.12. The molecule has 1 aliphatic rings. The van der Waals surface area contributed by atoms with Crippen LogP contribution in [0, 0.1) is 5.92 Å². The summed E-state index contributed by atoms with van der Waals surface area (Å²) >= 11 is 0.926. The molecule has 1 saturated heterocycles. The average molecular weight is 554 g/mol. The predicted molar refractivity (Wildman–Crippen MR) is 127 cm³/mol. The van der Waals surface area contributed by atoms with Crippen LogP contribution in [-0.4, -0.2) is 44.5 Å². The first-order valence-corrected chi connectivity index (χ1v) is 11.7. The molecule has 4 aromatic rings. The fourth-order valence-electron chi connectivity index (χ4n) is 4.05. The molecule has 14 heteroatoms. The van der Waals surface area contributed by atoms with Crippen molar-refractivity contribution in [3.8, 4) is 5.88 Å². The number of thiazole rings is 1. The molecule has 7 nitrogen and oxygen atoms in total. The van der Waals surface area contributed by atoms with E-state index in [-0.39, 0.29) is 34.7 Å². The Morgan fingerprint density at radius 1 is 1.08 bits per heavy atom. The molecule has 0 radical (unpaired) electrons. The Hall–Kier alpha value is -4.07. The van der Waals surface area contributed by atoms with Crippen molar-refractivity contribution in [2.45, 2.75) is 12.4 Å². The fourth-order valence-corrected chi connectivity index (χ4v) is 5.07. The van der Waals surface area contributed by atoms with Crippen molar-refractivity contribution in [2.24, 2.45) is 5.92 Å². The first-order valence-electron chi connectivity index (χ1n) is 10.9. The van der Waals surface area contributed by atoms with Crippen LogP contribution in [0.4, 0.5) is 31.5 Å². The minimum atomic E-state index is -5.10. The molecule has 0 unspecified atom stereocenters. The number of fused-ring (bicyclic) bond motifs is 1. The minimum Gasteiger partial charge on any atom is -0.492 e. The highest BCUT2D eigenvalue weighted by molar-refractivity contribution is 7.17. The summed E-state index contributed by atoms with van der Waals surface area (Å²) < 4.78 is 81.1. The van der Waals surface area contributed by atoms with Gasteiger partial charge in [-0.05, 0) is 41.5 Å². The van der Waals surface area contributed by atoms with Gasteiger partial charge in [-0.15, -0.1) is 0 Å². The van der Waals surface area contributed by atoms with Gasteiger partial charge in [0.1, 0.15) is 4.88 Å². The van der Waals surface area contributed by atoms with Gasteiger partial charge in [0, 0.05) is 24.0 Å². The van der Waals surface area contributed by atoms with E-state index in [0.717, 1.165) is 23.5 Å². The van der Waals surface area contributed by atoms with Crippen molar-refractivity contribution in [1.82, 2.24) is 15.2 Å². The van der Waals surface area contributed by atoms with Crippen LogP contribution >= 0.6 is 11.3 Å². The average Bonchev–Trinajstić information content (AvgIpc) is 3.40. The van der Waals surface area contributed by atoms with Gasteiger partial charge in [0.15, 0.2) is 5.13 Å². The number of carboxylic acids is 1. The van der Waals surface area contributed by atoms with Crippen LogP contribution < -0.4 is 4.90 Å². The summed E-state index contributed by atoms with van der Waals surface area (Å²) in [5.41, 5.74) is -2.42. The smallest absolute Gasteiger partial charge is 0.417 e. The van der Waals surface area contributed by atoms with Crippen LogP contribution in [0.5, 0.6) is 5.88 Å². The second-order valence-corrected chi connectivity index (χ2v) is 9.59. The Labute approximate surface area is 213 Å². The molecule has 0 amide bonds. The zero-order valence-corrected chi connectivity index (χ0v) is 19.7. The van der Waals surface area contributed by atoms with E-state index in [1.807, 2.05) is 0 Å². The van der Waals surface area contributed by atoms with Crippen LogP contribution in [-0.2, 0) is 17.1 Å². The third-order valence-electron chi connectivity index (χ3n) is 6.08. The number of carboxylic acid groups (broad SMARTS) is 1. The summed E-state index contributed by atoms with van der Waals surface area (Å²) in [6.07, 6.45) is -7.54. The number of hydrogen-bond donors (Lipinski definition) is 3. The number of rotatable bonds is 5. The largest absolute Gasteiger partial charge is 0.492 e. The van der Waals surface area contributed by atoms with Gasteiger partial charge < -0.3 is 15.1 Å². The first kappa shape index (κ1) is 25.6. The molecular weight excluding hydrogens is 538 g/mol. The molecule has 0 bridgehead atoms. The molecule has 198 valence electrons. The standard InChI is InChI=1S/C24H16F6N4O3S/c25-23(26,27)15-3-1-12(17(7-15)24(28,29)30)6-16(11-2-4-18-13(5-11)8-31-33-18)19-20(35)32-22(38-19)34-9-14(10-34)21(36)37/h1-8,14,35H,9-10H2,(H,31,33)(H,36,37). The lowest BCUT2D eigenvalue weighted by atomic mass is 9.96. The van der Waals surface area contributed by atoms with E-state index < -0.39 is 46.8 Å². The van der Waals surface area contributed by atoms with Crippen molar-refractivity contribution >= 4 is 45.0 Å². The molecular formula is C24H16F6N4O3S. The molecule has 1 aliphatic heterocycles. The van der Waals surface area contributed by atoms with Crippen molar-refractivity contribution in [3.63, 3.8) is 0 Å². The Morgan fingerprint density at radius 2 is 1.82 bits per heavy atom. The number of carbonyl (C=O) groups is 1. The number of halogens is 6. The van der Waals surface area contributed by atoms with Gasteiger partial charge in [0.25, 0.3) is 0 Å². The van der Waals surface area contributed by atoms with Gasteiger partial charge in [0.2, 0.25) is 5.88 Å². The van der Waals surface area contributed by atoms with Crippen LogP contribution in [0.3, 0.4) is 0 Å². The van der Waals surface area contributed by atoms with Gasteiger partial charge in [-0.3, -0.25) is 9.89 Å². The van der Waals surface area contributed by atoms with E-state index in [2.05, 4.69) is 15.2 Å². The number of aromatic nitrogens is 3. The van der Waals surface area contributed by atoms with Gasteiger partial charge in [-0.2, -0.15) is 36.4 Å². The Kier molecular flexibility index (Phi) is 6.09. The Balaban J connectivity index is 1.66. The maximum atomic E-state index is 13.9. The maximum absolute atomic E-state index is 13.9. The van der Waals surface area contributed by atoms with Crippen molar-refractivity contribution < 1.29 is 41.4 Å². The van der Waals surface area contributed by atoms with Crippen molar-refractivity contribution in [2.75, 3.05) is 18.0 Å². The number of anilines is 1. The molecule has 38 heavy (non-hydrogen) atoms. The van der Waals surface area contributed by atoms with Gasteiger partial charge in [0.05, 0.1) is 28.8 Å². The highest BCUT2D eigenvalue weighted by Gasteiger charge is 2.38. The monoisotopic (exact) mass is 554 g/mol. The van der Waals surface area contributed by atoms with E-state index in [4.69, 9.17) is 5.11 Å². The Morgan fingerprint density at radius 3 is 2.47 bits per heavy atom. The zero-order chi connectivity index (χ0) is 27.4. The topological polar surface area (TPSA) is 102 Å². The second kappa shape index (κ2) is 9.04. The Bertz CT molecular complexity index is 1570. The predicted octanol–water partition coefficient (Wildman–Crippen LogP) is 5.87. The summed E-state index contributed by atoms with van der Waals surface area (Å²) in [6.45, 7) is 0.276. The molecule has 3 heterocycles. The SMILES string of the molecule is O=C(O)C1CN(c2nc(O)c(C(=Cc3ccc(C(F)(F)F)cc3C(F)(F)F)c3ccc4[nH]ncc4c3)s2)C1. The first-order chi connectivity index (χ1) is 17.8. The van der Waals surface area contributed by atoms with Crippen molar-refractivity contribution in [1.29, 1.82) is 0 Å². The van der Waals surface area contributed by atoms with E-state index >= 15 is 0 Å².